The van der Waals surface area contributed by atoms with Crippen LogP contribution in [-0.4, -0.2) is 167 Å². The number of carbonyl (C=O) groups is 1. The van der Waals surface area contributed by atoms with Crippen LogP contribution in [-0.2, 0) is 9.53 Å². The molecule has 1 aliphatic heterocycles. The van der Waals surface area contributed by atoms with Gasteiger partial charge in [-0.25, -0.2) is 0 Å². The highest BCUT2D eigenvalue weighted by Gasteiger charge is 2.20. The fraction of sp³-hybridized carbons (Fsp3) is 0.827. The number of carbonyl (C=O) groups excluding carboxylic acids is 1. The number of piperazine rings is 1. The molecule has 1 saturated heterocycles. The molecule has 10 nitrogen and oxygen atoms in total. The van der Waals surface area contributed by atoms with Crippen LogP contribution in [0, 0.1) is 0 Å². The van der Waals surface area contributed by atoms with Gasteiger partial charge in [-0.15, -0.1) is 0 Å². The van der Waals surface area contributed by atoms with E-state index in [2.05, 4.69) is 120 Å². The Labute approximate surface area is 546 Å². The van der Waals surface area contributed by atoms with Crippen molar-refractivity contribution in [3.8, 4) is 0 Å². The molecule has 0 spiro atoms. The molecule has 0 amide bonds. The van der Waals surface area contributed by atoms with E-state index < -0.39 is 12.2 Å². The lowest BCUT2D eigenvalue weighted by Crippen LogP contribution is -2.47. The zero-order chi connectivity index (χ0) is 63.0. The van der Waals surface area contributed by atoms with E-state index in [0.717, 1.165) is 179 Å². The van der Waals surface area contributed by atoms with Crippen molar-refractivity contribution in [2.75, 3.05) is 96.6 Å². The van der Waals surface area contributed by atoms with Crippen LogP contribution in [0.2, 0.25) is 0 Å². The molecule has 0 aromatic rings. The Bertz CT molecular complexity index is 1550. The maximum Gasteiger partial charge on any atom is 0.305 e. The zero-order valence-electron chi connectivity index (χ0n) is 57.1. The van der Waals surface area contributed by atoms with Gasteiger partial charge >= 0.3 is 5.97 Å². The third-order valence-electron chi connectivity index (χ3n) is 16.8. The molecule has 12 heteroatoms. The van der Waals surface area contributed by atoms with Crippen molar-refractivity contribution in [3.05, 3.63) is 72.9 Å². The third-order valence-corrected chi connectivity index (χ3v) is 19.3. The molecule has 4 N–H and O–H groups in total. The van der Waals surface area contributed by atoms with Gasteiger partial charge in [0.05, 0.1) is 24.4 Å². The summed E-state index contributed by atoms with van der Waals surface area (Å²) in [5, 5.41) is 44.4. The number of ether oxygens (including phenoxy) is 1. The molecule has 1 fully saturated rings. The van der Waals surface area contributed by atoms with Crippen LogP contribution in [0.25, 0.3) is 0 Å². The SMILES string of the molecule is CC/C=C\C/C=C\C/C=C\CCCCCC[C@H](O)CN(CCCSSCCN1CCN(CCOC(=O)CCCN(CC(O)CCCCCCCCCC)CC(O)CCCCCCCCCC)CC1)C[C@@H](O)CCCCCC/C=C\C/C=C\C/C=C\CC. The van der Waals surface area contributed by atoms with Gasteiger partial charge in [-0.3, -0.25) is 24.4 Å². The summed E-state index contributed by atoms with van der Waals surface area (Å²) in [6.07, 6.45) is 68.6. The van der Waals surface area contributed by atoms with Gasteiger partial charge in [0.1, 0.15) is 6.61 Å². The number of rotatable bonds is 65. The summed E-state index contributed by atoms with van der Waals surface area (Å²) in [6, 6.07) is 0. The number of hydrogen-bond acceptors (Lipinski definition) is 12. The van der Waals surface area contributed by atoms with Crippen molar-refractivity contribution in [2.45, 2.75) is 303 Å². The minimum Gasteiger partial charge on any atom is -0.464 e. The number of esters is 1. The van der Waals surface area contributed by atoms with Crippen molar-refractivity contribution in [3.63, 3.8) is 0 Å². The highest BCUT2D eigenvalue weighted by molar-refractivity contribution is 8.76. The van der Waals surface area contributed by atoms with E-state index in [0.29, 0.717) is 52.2 Å². The Morgan fingerprint density at radius 1 is 0.402 bits per heavy atom. The van der Waals surface area contributed by atoms with Gasteiger partial charge in [-0.1, -0.05) is 263 Å². The summed E-state index contributed by atoms with van der Waals surface area (Å²) >= 11 is 0. The minimum absolute atomic E-state index is 0.150. The van der Waals surface area contributed by atoms with Crippen molar-refractivity contribution in [1.82, 2.24) is 19.6 Å². The lowest BCUT2D eigenvalue weighted by atomic mass is 10.0. The van der Waals surface area contributed by atoms with Crippen molar-refractivity contribution < 1.29 is 30.0 Å². The summed E-state index contributed by atoms with van der Waals surface area (Å²) in [6.45, 7) is 19.1. The highest BCUT2D eigenvalue weighted by Crippen LogP contribution is 2.23. The summed E-state index contributed by atoms with van der Waals surface area (Å²) in [5.41, 5.74) is 0. The van der Waals surface area contributed by atoms with Crippen LogP contribution in [0.5, 0.6) is 0 Å². The molecule has 1 aliphatic rings. The van der Waals surface area contributed by atoms with Crippen molar-refractivity contribution in [2.24, 2.45) is 0 Å². The maximum absolute atomic E-state index is 12.9. The highest BCUT2D eigenvalue weighted by atomic mass is 33.1. The maximum atomic E-state index is 12.9. The minimum atomic E-state index is -0.410. The van der Waals surface area contributed by atoms with Gasteiger partial charge < -0.3 is 25.2 Å². The Morgan fingerprint density at radius 2 is 0.736 bits per heavy atom. The van der Waals surface area contributed by atoms with Gasteiger partial charge in [0.25, 0.3) is 0 Å². The zero-order valence-corrected chi connectivity index (χ0v) is 58.8. The molecule has 0 aromatic carbocycles. The summed E-state index contributed by atoms with van der Waals surface area (Å²) in [7, 11) is 3.92. The van der Waals surface area contributed by atoms with E-state index >= 15 is 0 Å². The first kappa shape index (κ1) is 83.3. The Hall–Kier alpha value is -1.71. The molecule has 87 heavy (non-hydrogen) atoms. The normalized spacial score (nSPS) is 15.4. The Morgan fingerprint density at radius 3 is 1.14 bits per heavy atom. The molecular weight excluding hydrogens is 1120 g/mol. The Kier molecular flexibility index (Phi) is 63.0. The average Bonchev–Trinajstić information content (AvgIpc) is 3.61. The van der Waals surface area contributed by atoms with Gasteiger partial charge in [0.15, 0.2) is 0 Å². The van der Waals surface area contributed by atoms with Crippen LogP contribution >= 0.6 is 21.6 Å². The molecule has 0 aliphatic carbocycles. The summed E-state index contributed by atoms with van der Waals surface area (Å²) in [5.74, 6) is 2.00. The second-order valence-corrected chi connectivity index (χ2v) is 27.9. The monoisotopic (exact) mass is 1260 g/mol. The van der Waals surface area contributed by atoms with Crippen LogP contribution in [0.15, 0.2) is 72.9 Å². The van der Waals surface area contributed by atoms with Gasteiger partial charge in [0, 0.05) is 83.4 Å². The lowest BCUT2D eigenvalue weighted by molar-refractivity contribution is -0.144. The smallest absolute Gasteiger partial charge is 0.305 e. The van der Waals surface area contributed by atoms with E-state index in [1.165, 1.54) is 116 Å². The number of nitrogens with zero attached hydrogens (tertiary/aromatic N) is 4. The molecule has 0 aromatic heterocycles. The topological polar surface area (TPSA) is 120 Å². The van der Waals surface area contributed by atoms with E-state index in [4.69, 9.17) is 4.74 Å². The van der Waals surface area contributed by atoms with Gasteiger partial charge in [-0.05, 0) is 116 Å². The molecule has 508 valence electrons. The standard InChI is InChI=1S/C75H140N4O6S2/c1-5-9-13-17-21-25-27-29-31-33-35-39-43-47-53-73(82)69-79(70-74(83)54-48-44-40-36-34-32-30-28-26-22-18-14-10-6-2)57-50-65-86-87-66-63-77-60-58-76(59-61-77)62-64-85-75(84)55-49-56-78(67-71(80)51-45-41-37-23-19-15-11-7-3)68-72(81)52-46-42-38-24-20-16-12-8-4/h9-10,13-14,21-22,25-26,29-32,71-74,80-83H,5-8,11-12,15-20,23-24,27-28,33-70H2,1-4H3/b13-9-,14-10-,25-21-,26-22-,31-29-,32-30-/t71?,72?,73-,74-/m0/s1. The largest absolute Gasteiger partial charge is 0.464 e. The number of aliphatic hydroxyl groups is 4. The summed E-state index contributed by atoms with van der Waals surface area (Å²) in [4.78, 5) is 22.4. The molecule has 0 bridgehead atoms. The van der Waals surface area contributed by atoms with E-state index in [1.807, 2.05) is 21.6 Å². The van der Waals surface area contributed by atoms with Crippen LogP contribution in [0.4, 0.5) is 0 Å². The number of hydrogen-bond donors (Lipinski definition) is 4. The number of unbranched alkanes of at least 4 members (excludes halogenated alkanes) is 22. The fourth-order valence-electron chi connectivity index (χ4n) is 11.4. The van der Waals surface area contributed by atoms with E-state index in [9.17, 15) is 25.2 Å². The number of allylic oxidation sites excluding steroid dienone is 12. The summed E-state index contributed by atoms with van der Waals surface area (Å²) < 4.78 is 5.74. The third kappa shape index (κ3) is 59.1. The Balaban J connectivity index is 2.44. The van der Waals surface area contributed by atoms with Crippen LogP contribution < -0.4 is 0 Å². The molecule has 4 atom stereocenters. The van der Waals surface area contributed by atoms with Crippen molar-refractivity contribution in [1.29, 1.82) is 0 Å². The first-order chi connectivity index (χ1) is 42.7. The van der Waals surface area contributed by atoms with E-state index in [1.54, 1.807) is 0 Å². The van der Waals surface area contributed by atoms with E-state index in [-0.39, 0.29) is 18.2 Å². The predicted octanol–water partition coefficient (Wildman–Crippen LogP) is 18.2. The molecule has 0 saturated carbocycles. The van der Waals surface area contributed by atoms with Gasteiger partial charge in [-0.2, -0.15) is 0 Å². The predicted molar refractivity (Wildman–Crippen MR) is 383 cm³/mol. The second-order valence-electron chi connectivity index (χ2n) is 25.2. The van der Waals surface area contributed by atoms with Crippen molar-refractivity contribution >= 4 is 27.6 Å². The van der Waals surface area contributed by atoms with Crippen LogP contribution in [0.3, 0.4) is 0 Å². The molecule has 1 heterocycles. The average molecular weight is 1260 g/mol. The lowest BCUT2D eigenvalue weighted by Gasteiger charge is -2.34. The molecule has 1 rings (SSSR count). The van der Waals surface area contributed by atoms with Crippen LogP contribution in [0.1, 0.15) is 278 Å². The molecule has 0 radical (unpaired) electrons. The van der Waals surface area contributed by atoms with Gasteiger partial charge in [0.2, 0.25) is 0 Å². The number of aliphatic hydroxyl groups excluding tert-OH is 4. The quantitative estimate of drug-likeness (QED) is 0.0201. The second kappa shape index (κ2) is 65.8. The first-order valence-corrected chi connectivity index (χ1v) is 39.1. The molecule has 2 unspecified atom stereocenters. The fourth-order valence-corrected chi connectivity index (χ4v) is 13.5. The first-order valence-electron chi connectivity index (χ1n) is 36.6. The molecular formula is C75H140N4O6S2.